The highest BCUT2D eigenvalue weighted by Gasteiger charge is 2.10. The van der Waals surface area contributed by atoms with Crippen molar-refractivity contribution in [3.05, 3.63) is 70.8 Å². The van der Waals surface area contributed by atoms with Crippen LogP contribution in [-0.2, 0) is 17.8 Å². The molecule has 2 aromatic carbocycles. The van der Waals surface area contributed by atoms with Gasteiger partial charge in [-0.1, -0.05) is 54.1 Å². The predicted molar refractivity (Wildman–Crippen MR) is 90.3 cm³/mol. The van der Waals surface area contributed by atoms with Crippen molar-refractivity contribution < 1.29 is 14.6 Å². The monoisotopic (exact) mass is 313 g/mol. The van der Waals surface area contributed by atoms with E-state index in [4.69, 9.17) is 4.74 Å². The second-order valence-electron chi connectivity index (χ2n) is 5.73. The second-order valence-corrected chi connectivity index (χ2v) is 5.73. The van der Waals surface area contributed by atoms with Crippen LogP contribution >= 0.6 is 0 Å². The lowest BCUT2D eigenvalue weighted by Crippen LogP contribution is -2.33. The highest BCUT2D eigenvalue weighted by Crippen LogP contribution is 2.12. The van der Waals surface area contributed by atoms with Gasteiger partial charge in [-0.2, -0.15) is 0 Å². The van der Waals surface area contributed by atoms with E-state index in [9.17, 15) is 9.90 Å². The lowest BCUT2D eigenvalue weighted by molar-refractivity contribution is 0.125. The maximum absolute atomic E-state index is 11.6. The summed E-state index contributed by atoms with van der Waals surface area (Å²) in [4.78, 5) is 11.6. The average molecular weight is 313 g/mol. The summed E-state index contributed by atoms with van der Waals surface area (Å²) in [5.41, 5.74) is 4.36. The lowest BCUT2D eigenvalue weighted by atomic mass is 10.0. The molecule has 0 bridgehead atoms. The maximum atomic E-state index is 11.6. The van der Waals surface area contributed by atoms with Crippen molar-refractivity contribution in [2.75, 3.05) is 6.54 Å². The fourth-order valence-corrected chi connectivity index (χ4v) is 2.38. The van der Waals surface area contributed by atoms with E-state index in [0.29, 0.717) is 6.42 Å². The highest BCUT2D eigenvalue weighted by molar-refractivity contribution is 5.67. The zero-order valence-corrected chi connectivity index (χ0v) is 13.6. The first-order chi connectivity index (χ1) is 11.0. The van der Waals surface area contributed by atoms with Crippen molar-refractivity contribution in [3.8, 4) is 0 Å². The molecule has 2 aromatic rings. The number of nitrogens with one attached hydrogen (secondary N) is 1. The van der Waals surface area contributed by atoms with Crippen LogP contribution in [0, 0.1) is 13.8 Å². The van der Waals surface area contributed by atoms with Gasteiger partial charge in [-0.15, -0.1) is 0 Å². The highest BCUT2D eigenvalue weighted by atomic mass is 16.5. The van der Waals surface area contributed by atoms with E-state index in [1.54, 1.807) is 0 Å². The number of benzene rings is 2. The van der Waals surface area contributed by atoms with Crippen LogP contribution < -0.4 is 5.32 Å². The Labute approximate surface area is 137 Å². The molecular weight excluding hydrogens is 290 g/mol. The number of ether oxygens (including phenoxy) is 1. The Morgan fingerprint density at radius 2 is 1.91 bits per heavy atom. The van der Waals surface area contributed by atoms with Gasteiger partial charge >= 0.3 is 6.09 Å². The molecule has 4 heteroatoms. The number of alkyl carbamates (subject to hydrolysis) is 1. The first-order valence-corrected chi connectivity index (χ1v) is 7.73. The SMILES string of the molecule is Cc1ccc(CC(O)CNC(=O)OCc2ccccc2)c(C)c1. The van der Waals surface area contributed by atoms with Crippen LogP contribution in [0.2, 0.25) is 0 Å². The summed E-state index contributed by atoms with van der Waals surface area (Å²) < 4.78 is 5.11. The van der Waals surface area contributed by atoms with Gasteiger partial charge in [0, 0.05) is 13.0 Å². The minimum Gasteiger partial charge on any atom is -0.445 e. The topological polar surface area (TPSA) is 58.6 Å². The molecule has 0 aliphatic heterocycles. The lowest BCUT2D eigenvalue weighted by Gasteiger charge is -2.14. The van der Waals surface area contributed by atoms with E-state index in [-0.39, 0.29) is 13.2 Å². The van der Waals surface area contributed by atoms with Crippen LogP contribution in [0.15, 0.2) is 48.5 Å². The van der Waals surface area contributed by atoms with Gasteiger partial charge in [0.2, 0.25) is 0 Å². The number of aryl methyl sites for hydroxylation is 2. The molecule has 0 saturated carbocycles. The molecule has 1 amide bonds. The van der Waals surface area contributed by atoms with E-state index in [1.165, 1.54) is 5.56 Å². The smallest absolute Gasteiger partial charge is 0.407 e. The van der Waals surface area contributed by atoms with Crippen LogP contribution in [0.5, 0.6) is 0 Å². The Morgan fingerprint density at radius 3 is 2.61 bits per heavy atom. The molecule has 0 heterocycles. The molecule has 0 fully saturated rings. The van der Waals surface area contributed by atoms with Crippen LogP contribution in [0.3, 0.4) is 0 Å². The normalized spacial score (nSPS) is 11.8. The minimum atomic E-state index is -0.638. The number of rotatable bonds is 6. The minimum absolute atomic E-state index is 0.168. The third-order valence-electron chi connectivity index (χ3n) is 3.65. The van der Waals surface area contributed by atoms with Crippen LogP contribution in [0.4, 0.5) is 4.79 Å². The zero-order valence-electron chi connectivity index (χ0n) is 13.6. The van der Waals surface area contributed by atoms with E-state index in [0.717, 1.165) is 16.7 Å². The summed E-state index contributed by atoms with van der Waals surface area (Å²) in [7, 11) is 0. The third kappa shape index (κ3) is 5.75. The van der Waals surface area contributed by atoms with Gasteiger partial charge in [0.05, 0.1) is 6.10 Å². The fourth-order valence-electron chi connectivity index (χ4n) is 2.38. The molecule has 4 nitrogen and oxygen atoms in total. The van der Waals surface area contributed by atoms with Gasteiger partial charge in [-0.05, 0) is 30.5 Å². The molecule has 0 spiro atoms. The molecule has 0 aromatic heterocycles. The standard InChI is InChI=1S/C19H23NO3/c1-14-8-9-17(15(2)10-14)11-18(21)12-20-19(22)23-13-16-6-4-3-5-7-16/h3-10,18,21H,11-13H2,1-2H3,(H,20,22). The largest absolute Gasteiger partial charge is 0.445 e. The Hall–Kier alpha value is -2.33. The Balaban J connectivity index is 1.73. The van der Waals surface area contributed by atoms with Crippen molar-refractivity contribution in [3.63, 3.8) is 0 Å². The number of aliphatic hydroxyl groups excluding tert-OH is 1. The first kappa shape index (κ1) is 17.0. The third-order valence-corrected chi connectivity index (χ3v) is 3.65. The van der Waals surface area contributed by atoms with Crippen molar-refractivity contribution in [2.24, 2.45) is 0 Å². The molecule has 0 saturated heterocycles. The number of hydrogen-bond acceptors (Lipinski definition) is 3. The molecule has 0 aliphatic rings. The number of hydrogen-bond donors (Lipinski definition) is 2. The molecule has 0 radical (unpaired) electrons. The first-order valence-electron chi connectivity index (χ1n) is 7.73. The van der Waals surface area contributed by atoms with Gasteiger partial charge in [-0.3, -0.25) is 0 Å². The zero-order chi connectivity index (χ0) is 16.7. The summed E-state index contributed by atoms with van der Waals surface area (Å²) in [6.45, 7) is 4.45. The quantitative estimate of drug-likeness (QED) is 0.861. The maximum Gasteiger partial charge on any atom is 0.407 e. The number of carbonyl (C=O) groups is 1. The molecule has 1 unspecified atom stereocenters. The van der Waals surface area contributed by atoms with Crippen LogP contribution in [0.1, 0.15) is 22.3 Å². The van der Waals surface area contributed by atoms with Crippen LogP contribution in [-0.4, -0.2) is 23.8 Å². The molecular formula is C19H23NO3. The van der Waals surface area contributed by atoms with E-state index >= 15 is 0 Å². The van der Waals surface area contributed by atoms with E-state index in [1.807, 2.05) is 56.3 Å². The summed E-state index contributed by atoms with van der Waals surface area (Å²) in [5.74, 6) is 0. The molecule has 0 aliphatic carbocycles. The summed E-state index contributed by atoms with van der Waals surface area (Å²) >= 11 is 0. The van der Waals surface area contributed by atoms with Gasteiger partial charge < -0.3 is 15.2 Å². The molecule has 23 heavy (non-hydrogen) atoms. The Morgan fingerprint density at radius 1 is 1.17 bits per heavy atom. The van der Waals surface area contributed by atoms with E-state index < -0.39 is 12.2 Å². The summed E-state index contributed by atoms with van der Waals surface area (Å²) in [5, 5.41) is 12.7. The Kier molecular flexibility index (Phi) is 6.18. The molecule has 2 N–H and O–H groups in total. The van der Waals surface area contributed by atoms with Crippen molar-refractivity contribution in [2.45, 2.75) is 33.0 Å². The van der Waals surface area contributed by atoms with Crippen molar-refractivity contribution >= 4 is 6.09 Å². The van der Waals surface area contributed by atoms with E-state index in [2.05, 4.69) is 11.4 Å². The van der Waals surface area contributed by atoms with Crippen molar-refractivity contribution in [1.82, 2.24) is 5.32 Å². The number of carbonyl (C=O) groups excluding carboxylic acids is 1. The second kappa shape index (κ2) is 8.34. The number of amides is 1. The number of aliphatic hydroxyl groups is 1. The van der Waals surface area contributed by atoms with Gasteiger partial charge in [0.25, 0.3) is 0 Å². The average Bonchev–Trinajstić information content (AvgIpc) is 2.54. The van der Waals surface area contributed by atoms with Gasteiger partial charge in [0.15, 0.2) is 0 Å². The molecule has 2 rings (SSSR count). The fraction of sp³-hybridized carbons (Fsp3) is 0.316. The Bertz CT molecular complexity index is 640. The molecule has 1 atom stereocenters. The predicted octanol–water partition coefficient (Wildman–Crippen LogP) is 3.13. The summed E-state index contributed by atoms with van der Waals surface area (Å²) in [6, 6.07) is 15.6. The molecule has 122 valence electrons. The van der Waals surface area contributed by atoms with Crippen molar-refractivity contribution in [1.29, 1.82) is 0 Å². The van der Waals surface area contributed by atoms with Crippen LogP contribution in [0.25, 0.3) is 0 Å². The summed E-state index contributed by atoms with van der Waals surface area (Å²) in [6.07, 6.45) is -0.653. The van der Waals surface area contributed by atoms with Gasteiger partial charge in [-0.25, -0.2) is 4.79 Å². The van der Waals surface area contributed by atoms with Gasteiger partial charge in [0.1, 0.15) is 6.61 Å².